The fourth-order valence-electron chi connectivity index (χ4n) is 6.23. The quantitative estimate of drug-likeness (QED) is 0.343. The summed E-state index contributed by atoms with van der Waals surface area (Å²) in [5, 5.41) is 10.8. The summed E-state index contributed by atoms with van der Waals surface area (Å²) in [7, 11) is 0. The summed E-state index contributed by atoms with van der Waals surface area (Å²) in [6.45, 7) is 14.5. The van der Waals surface area contributed by atoms with Crippen molar-refractivity contribution in [3.05, 3.63) is 71.4 Å². The maximum atomic E-state index is 13.0. The second kappa shape index (κ2) is 11.0. The molecule has 3 heterocycles. The second-order valence-corrected chi connectivity index (χ2v) is 14.1. The molecule has 2 aliphatic rings. The molecule has 41 heavy (non-hydrogen) atoms. The fourth-order valence-corrected chi connectivity index (χ4v) is 6.23. The number of piperidine rings is 1. The zero-order chi connectivity index (χ0) is 29.5. The Kier molecular flexibility index (Phi) is 7.75. The van der Waals surface area contributed by atoms with Gasteiger partial charge < -0.3 is 10.2 Å². The van der Waals surface area contributed by atoms with Crippen molar-refractivity contribution in [2.24, 2.45) is 11.3 Å². The number of benzene rings is 2. The highest BCUT2D eigenvalue weighted by Crippen LogP contribution is 2.42. The number of rotatable bonds is 5. The van der Waals surface area contributed by atoms with Gasteiger partial charge in [0.25, 0.3) is 0 Å². The van der Waals surface area contributed by atoms with Crippen molar-refractivity contribution in [1.82, 2.24) is 14.7 Å². The summed E-state index contributed by atoms with van der Waals surface area (Å²) in [5.74, 6) is 1.50. The monoisotopic (exact) mass is 555 g/mol. The largest absolute Gasteiger partial charge is 0.336 e. The lowest BCUT2D eigenvalue weighted by Crippen LogP contribution is -2.50. The van der Waals surface area contributed by atoms with Gasteiger partial charge in [0.15, 0.2) is 0 Å². The minimum Gasteiger partial charge on any atom is -0.336 e. The van der Waals surface area contributed by atoms with E-state index in [9.17, 15) is 9.59 Å². The number of carbonyl (C=O) groups is 2. The van der Waals surface area contributed by atoms with Crippen LogP contribution in [-0.2, 0) is 16.6 Å². The summed E-state index contributed by atoms with van der Waals surface area (Å²) >= 11 is 0. The van der Waals surface area contributed by atoms with Gasteiger partial charge in [-0.05, 0) is 74.8 Å². The summed E-state index contributed by atoms with van der Waals surface area (Å²) < 4.78 is 1.79. The van der Waals surface area contributed by atoms with E-state index >= 15 is 0 Å². The third-order valence-corrected chi connectivity index (χ3v) is 8.44. The number of aromatic nitrogens is 2. The van der Waals surface area contributed by atoms with Crippen molar-refractivity contribution in [2.75, 3.05) is 10.6 Å². The van der Waals surface area contributed by atoms with Crippen LogP contribution in [0.25, 0.3) is 5.69 Å². The van der Waals surface area contributed by atoms with E-state index in [0.717, 1.165) is 49.2 Å². The number of aryl methyl sites for hydroxylation is 1. The van der Waals surface area contributed by atoms with Crippen molar-refractivity contribution in [3.63, 3.8) is 0 Å². The van der Waals surface area contributed by atoms with Gasteiger partial charge in [-0.2, -0.15) is 5.10 Å². The average molecular weight is 556 g/mol. The third kappa shape index (κ3) is 6.50. The van der Waals surface area contributed by atoms with Crippen LogP contribution in [0.2, 0.25) is 0 Å². The molecule has 3 amide bonds. The van der Waals surface area contributed by atoms with Crippen molar-refractivity contribution < 1.29 is 9.59 Å². The normalized spacial score (nSPS) is 20.7. The molecule has 2 aromatic carbocycles. The summed E-state index contributed by atoms with van der Waals surface area (Å²) in [5.41, 5.74) is 4.50. The first-order valence-corrected chi connectivity index (χ1v) is 15.0. The predicted molar refractivity (Wildman–Crippen MR) is 166 cm³/mol. The molecule has 3 aromatic rings. The SMILES string of the molecule is Cc1ccc(-n2nc(C(C)(C)C)cc2NC(=O)Nc2ccc(CC3CC4CCC(C3)N4C(=O)C(C)(C)C)cc2)cc1. The Bertz CT molecular complexity index is 1380. The molecular formula is C34H45N5O2. The molecule has 7 heteroatoms. The van der Waals surface area contributed by atoms with Gasteiger partial charge in [0, 0.05) is 34.7 Å². The van der Waals surface area contributed by atoms with Crippen LogP contribution in [0.3, 0.4) is 0 Å². The van der Waals surface area contributed by atoms with Gasteiger partial charge in [-0.25, -0.2) is 9.48 Å². The Morgan fingerprint density at radius 3 is 2.05 bits per heavy atom. The molecule has 2 atom stereocenters. The first-order chi connectivity index (χ1) is 19.3. The Hall–Kier alpha value is -3.61. The lowest BCUT2D eigenvalue weighted by atomic mass is 9.84. The number of hydrogen-bond acceptors (Lipinski definition) is 3. The lowest BCUT2D eigenvalue weighted by Gasteiger charge is -2.42. The van der Waals surface area contributed by atoms with Crippen molar-refractivity contribution >= 4 is 23.4 Å². The van der Waals surface area contributed by atoms with Crippen molar-refractivity contribution in [3.8, 4) is 5.69 Å². The van der Waals surface area contributed by atoms with Gasteiger partial charge in [0.05, 0.1) is 11.4 Å². The van der Waals surface area contributed by atoms with Gasteiger partial charge >= 0.3 is 6.03 Å². The van der Waals surface area contributed by atoms with Gasteiger partial charge in [-0.15, -0.1) is 0 Å². The van der Waals surface area contributed by atoms with E-state index in [-0.39, 0.29) is 16.9 Å². The van der Waals surface area contributed by atoms with E-state index in [4.69, 9.17) is 5.10 Å². The molecular weight excluding hydrogens is 510 g/mol. The highest BCUT2D eigenvalue weighted by molar-refractivity contribution is 5.99. The van der Waals surface area contributed by atoms with Crippen molar-refractivity contribution in [1.29, 1.82) is 0 Å². The molecule has 2 bridgehead atoms. The van der Waals surface area contributed by atoms with E-state index in [1.807, 2.05) is 70.2 Å². The van der Waals surface area contributed by atoms with Gasteiger partial charge in [0.1, 0.15) is 5.82 Å². The number of amides is 3. The highest BCUT2D eigenvalue weighted by atomic mass is 16.2. The topological polar surface area (TPSA) is 79.3 Å². The molecule has 0 saturated carbocycles. The summed E-state index contributed by atoms with van der Waals surface area (Å²) in [4.78, 5) is 28.2. The Morgan fingerprint density at radius 2 is 1.49 bits per heavy atom. The molecule has 0 radical (unpaired) electrons. The maximum Gasteiger partial charge on any atom is 0.324 e. The Balaban J connectivity index is 1.21. The number of urea groups is 1. The van der Waals surface area contributed by atoms with E-state index < -0.39 is 0 Å². The number of fused-ring (bicyclic) bond motifs is 2. The van der Waals surface area contributed by atoms with E-state index in [1.165, 1.54) is 11.1 Å². The molecule has 2 saturated heterocycles. The molecule has 2 N–H and O–H groups in total. The van der Waals surface area contributed by atoms with Crippen LogP contribution in [0.5, 0.6) is 0 Å². The fraction of sp³-hybridized carbons (Fsp3) is 0.500. The van der Waals surface area contributed by atoms with Crippen LogP contribution in [0.15, 0.2) is 54.6 Å². The summed E-state index contributed by atoms with van der Waals surface area (Å²) in [6.07, 6.45) is 5.41. The number of nitrogens with one attached hydrogen (secondary N) is 2. The maximum absolute atomic E-state index is 13.0. The lowest BCUT2D eigenvalue weighted by molar-refractivity contribution is -0.144. The van der Waals surface area contributed by atoms with E-state index in [1.54, 1.807) is 4.68 Å². The summed E-state index contributed by atoms with van der Waals surface area (Å²) in [6, 6.07) is 18.6. The van der Waals surface area contributed by atoms with Gasteiger partial charge in [-0.3, -0.25) is 10.1 Å². The predicted octanol–water partition coefficient (Wildman–Crippen LogP) is 7.48. The minimum absolute atomic E-state index is 0.156. The van der Waals surface area contributed by atoms with Crippen LogP contribution in [-0.4, -0.2) is 38.7 Å². The van der Waals surface area contributed by atoms with Gasteiger partial charge in [-0.1, -0.05) is 71.4 Å². The van der Waals surface area contributed by atoms with Crippen LogP contribution in [0, 0.1) is 18.3 Å². The van der Waals surface area contributed by atoms with E-state index in [2.05, 4.69) is 48.4 Å². The van der Waals surface area contributed by atoms with Crippen molar-refractivity contribution in [2.45, 2.75) is 98.1 Å². The zero-order valence-corrected chi connectivity index (χ0v) is 25.6. The Morgan fingerprint density at radius 1 is 0.878 bits per heavy atom. The highest BCUT2D eigenvalue weighted by Gasteiger charge is 2.45. The molecule has 218 valence electrons. The number of hydrogen-bond donors (Lipinski definition) is 2. The first kappa shape index (κ1) is 28.9. The molecule has 0 spiro atoms. The van der Waals surface area contributed by atoms with Crippen LogP contribution >= 0.6 is 0 Å². The molecule has 2 fully saturated rings. The second-order valence-electron chi connectivity index (χ2n) is 14.1. The standard InChI is InChI=1S/C34H45N5O2/c1-22-8-14-26(15-9-22)39-30(21-29(37-39)33(2,3)4)36-32(41)35-25-12-10-23(11-13-25)18-24-19-27-16-17-28(20-24)38(27)31(40)34(5,6)7/h8-15,21,24,27-28H,16-20H2,1-7H3,(H2,35,36,41). The molecule has 2 unspecified atom stereocenters. The molecule has 0 aliphatic carbocycles. The number of nitrogens with zero attached hydrogens (tertiary/aromatic N) is 3. The third-order valence-electron chi connectivity index (χ3n) is 8.44. The smallest absolute Gasteiger partial charge is 0.324 e. The van der Waals surface area contributed by atoms with Crippen LogP contribution < -0.4 is 10.6 Å². The van der Waals surface area contributed by atoms with E-state index in [0.29, 0.717) is 29.7 Å². The average Bonchev–Trinajstić information content (AvgIpc) is 3.43. The number of carbonyl (C=O) groups excluding carboxylic acids is 2. The van der Waals surface area contributed by atoms with Crippen LogP contribution in [0.1, 0.15) is 84.0 Å². The molecule has 2 aliphatic heterocycles. The zero-order valence-electron chi connectivity index (χ0n) is 25.6. The van der Waals surface area contributed by atoms with Crippen LogP contribution in [0.4, 0.5) is 16.3 Å². The minimum atomic E-state index is -0.321. The first-order valence-electron chi connectivity index (χ1n) is 15.0. The number of anilines is 2. The molecule has 7 nitrogen and oxygen atoms in total. The molecule has 5 rings (SSSR count). The molecule has 1 aromatic heterocycles. The van der Waals surface area contributed by atoms with Gasteiger partial charge in [0.2, 0.25) is 5.91 Å². The Labute approximate surface area is 244 Å².